The van der Waals surface area contributed by atoms with E-state index in [4.69, 9.17) is 4.74 Å². The predicted molar refractivity (Wildman–Crippen MR) is 99.6 cm³/mol. The molecule has 0 radical (unpaired) electrons. The summed E-state index contributed by atoms with van der Waals surface area (Å²) in [7, 11) is 1.74. The van der Waals surface area contributed by atoms with Gasteiger partial charge in [-0.15, -0.1) is 0 Å². The van der Waals surface area contributed by atoms with Crippen LogP contribution in [-0.2, 0) is 6.42 Å². The van der Waals surface area contributed by atoms with Crippen LogP contribution in [0.3, 0.4) is 0 Å². The molecule has 1 aliphatic rings. The van der Waals surface area contributed by atoms with Crippen molar-refractivity contribution in [2.75, 3.05) is 11.5 Å². The maximum Gasteiger partial charge on any atom is 0.119 e. The van der Waals surface area contributed by atoms with Crippen molar-refractivity contribution in [2.45, 2.75) is 38.5 Å². The molecule has 0 aliphatic heterocycles. The van der Waals surface area contributed by atoms with E-state index in [1.807, 2.05) is 0 Å². The van der Waals surface area contributed by atoms with Crippen LogP contribution in [0.25, 0.3) is 0 Å². The molecule has 0 amide bonds. The highest BCUT2D eigenvalue weighted by molar-refractivity contribution is 14.1. The van der Waals surface area contributed by atoms with Crippen molar-refractivity contribution in [3.8, 4) is 5.75 Å². The van der Waals surface area contributed by atoms with Gasteiger partial charge in [-0.2, -0.15) is 0 Å². The summed E-state index contributed by atoms with van der Waals surface area (Å²) in [6.45, 7) is 6.27. The Labute approximate surface area is 142 Å². The summed E-state index contributed by atoms with van der Waals surface area (Å²) in [5, 5.41) is 0. The Morgan fingerprint density at radius 1 is 1.38 bits per heavy atom. The minimum atomic E-state index is 0.682. The second-order valence-corrected chi connectivity index (χ2v) is 6.93. The molecular weight excluding hydrogens is 371 g/mol. The Balaban J connectivity index is 2.07. The predicted octanol–water partition coefficient (Wildman–Crippen LogP) is 5.69. The Morgan fingerprint density at radius 2 is 2.14 bits per heavy atom. The summed E-state index contributed by atoms with van der Waals surface area (Å²) in [5.74, 6) is 2.34. The van der Waals surface area contributed by atoms with Crippen LogP contribution in [0.4, 0.5) is 0 Å². The molecule has 0 aromatic heterocycles. The van der Waals surface area contributed by atoms with Gasteiger partial charge < -0.3 is 4.74 Å². The second-order valence-electron chi connectivity index (χ2n) is 5.85. The van der Waals surface area contributed by atoms with Crippen LogP contribution in [0.15, 0.2) is 42.5 Å². The van der Waals surface area contributed by atoms with Crippen LogP contribution in [0.1, 0.15) is 43.2 Å². The Morgan fingerprint density at radius 3 is 2.76 bits per heavy atom. The van der Waals surface area contributed by atoms with Crippen molar-refractivity contribution >= 4 is 22.6 Å². The summed E-state index contributed by atoms with van der Waals surface area (Å²) >= 11 is 2.41. The van der Waals surface area contributed by atoms with Gasteiger partial charge in [0.2, 0.25) is 0 Å². The van der Waals surface area contributed by atoms with Gasteiger partial charge >= 0.3 is 0 Å². The molecule has 2 atom stereocenters. The number of alkyl halides is 1. The van der Waals surface area contributed by atoms with Gasteiger partial charge in [-0.05, 0) is 67.7 Å². The summed E-state index contributed by atoms with van der Waals surface area (Å²) in [5.41, 5.74) is 4.28. The molecule has 1 aliphatic carbocycles. The minimum Gasteiger partial charge on any atom is -0.497 e. The molecule has 2 unspecified atom stereocenters. The van der Waals surface area contributed by atoms with Gasteiger partial charge in [-0.3, -0.25) is 0 Å². The standard InChI is InChI=1S/C19H25IO/c1-14(2)18-13-19(18)17-10-9-16(21-3)12-15(17)8-6-4-5-7-11-20/h4-5,9-10,12,18-19H,1,6-8,11,13H2,2-3H3/b5-4-. The largest absolute Gasteiger partial charge is 0.497 e. The van der Waals surface area contributed by atoms with Gasteiger partial charge in [0.05, 0.1) is 7.11 Å². The average Bonchev–Trinajstić information content (AvgIpc) is 3.27. The fraction of sp³-hybridized carbons (Fsp3) is 0.474. The van der Waals surface area contributed by atoms with E-state index >= 15 is 0 Å². The fourth-order valence-corrected chi connectivity index (χ4v) is 3.27. The third kappa shape index (κ3) is 4.60. The van der Waals surface area contributed by atoms with Gasteiger partial charge in [0.25, 0.3) is 0 Å². The molecule has 2 rings (SSSR count). The zero-order valence-electron chi connectivity index (χ0n) is 13.1. The first-order valence-electron chi connectivity index (χ1n) is 7.70. The first-order chi connectivity index (χ1) is 10.2. The second kappa shape index (κ2) is 8.02. The van der Waals surface area contributed by atoms with Crippen molar-refractivity contribution < 1.29 is 4.74 Å². The number of ether oxygens (including phenoxy) is 1. The Hall–Kier alpha value is -0.770. The van der Waals surface area contributed by atoms with E-state index in [1.165, 1.54) is 34.0 Å². The lowest BCUT2D eigenvalue weighted by atomic mass is 9.97. The first kappa shape index (κ1) is 16.6. The van der Waals surface area contributed by atoms with Gasteiger partial charge in [0.15, 0.2) is 0 Å². The Kier molecular flexibility index (Phi) is 6.34. The normalized spacial score (nSPS) is 20.7. The van der Waals surface area contributed by atoms with Crippen molar-refractivity contribution in [3.63, 3.8) is 0 Å². The maximum atomic E-state index is 5.39. The molecule has 2 heteroatoms. The number of benzene rings is 1. The lowest BCUT2D eigenvalue weighted by Crippen LogP contribution is -1.96. The van der Waals surface area contributed by atoms with E-state index in [9.17, 15) is 0 Å². The van der Waals surface area contributed by atoms with Gasteiger partial charge in [0, 0.05) is 4.43 Å². The zero-order chi connectivity index (χ0) is 15.2. The van der Waals surface area contributed by atoms with Gasteiger partial charge in [-0.1, -0.05) is 53.0 Å². The molecule has 0 saturated heterocycles. The lowest BCUT2D eigenvalue weighted by molar-refractivity contribution is 0.414. The van der Waals surface area contributed by atoms with E-state index in [2.05, 4.69) is 66.4 Å². The molecule has 0 heterocycles. The van der Waals surface area contributed by atoms with Crippen LogP contribution >= 0.6 is 22.6 Å². The molecule has 1 aromatic rings. The molecule has 114 valence electrons. The van der Waals surface area contributed by atoms with E-state index in [1.54, 1.807) is 7.11 Å². The number of hydrogen-bond acceptors (Lipinski definition) is 1. The molecule has 1 aromatic carbocycles. The highest BCUT2D eigenvalue weighted by Gasteiger charge is 2.39. The molecule has 1 saturated carbocycles. The topological polar surface area (TPSA) is 9.23 Å². The smallest absolute Gasteiger partial charge is 0.119 e. The summed E-state index contributed by atoms with van der Waals surface area (Å²) in [6, 6.07) is 6.57. The number of halogens is 1. The number of rotatable bonds is 8. The first-order valence-corrected chi connectivity index (χ1v) is 9.23. The van der Waals surface area contributed by atoms with Crippen LogP contribution in [0, 0.1) is 5.92 Å². The minimum absolute atomic E-state index is 0.682. The van der Waals surface area contributed by atoms with Crippen molar-refractivity contribution in [3.05, 3.63) is 53.6 Å². The maximum absolute atomic E-state index is 5.39. The van der Waals surface area contributed by atoms with Gasteiger partial charge in [-0.25, -0.2) is 0 Å². The molecule has 1 nitrogen and oxygen atoms in total. The number of methoxy groups -OCH3 is 1. The summed E-state index contributed by atoms with van der Waals surface area (Å²) in [4.78, 5) is 0. The lowest BCUT2D eigenvalue weighted by Gasteiger charge is -2.11. The quantitative estimate of drug-likeness (QED) is 0.312. The van der Waals surface area contributed by atoms with Crippen LogP contribution in [0.2, 0.25) is 0 Å². The third-order valence-electron chi connectivity index (χ3n) is 4.20. The van der Waals surface area contributed by atoms with Gasteiger partial charge in [0.1, 0.15) is 5.75 Å². The monoisotopic (exact) mass is 396 g/mol. The number of hydrogen-bond donors (Lipinski definition) is 0. The summed E-state index contributed by atoms with van der Waals surface area (Å²) in [6.07, 6.45) is 9.25. The number of allylic oxidation sites excluding steroid dienone is 3. The molecule has 0 N–H and O–H groups in total. The van der Waals surface area contributed by atoms with Crippen LogP contribution < -0.4 is 4.74 Å². The van der Waals surface area contributed by atoms with Crippen LogP contribution in [0.5, 0.6) is 5.75 Å². The van der Waals surface area contributed by atoms with Crippen molar-refractivity contribution in [1.29, 1.82) is 0 Å². The van der Waals surface area contributed by atoms with E-state index in [0.717, 1.165) is 18.6 Å². The van der Waals surface area contributed by atoms with Crippen molar-refractivity contribution in [2.24, 2.45) is 5.92 Å². The molecule has 0 bridgehead atoms. The van der Waals surface area contributed by atoms with E-state index in [-0.39, 0.29) is 0 Å². The molecule has 21 heavy (non-hydrogen) atoms. The zero-order valence-corrected chi connectivity index (χ0v) is 15.2. The summed E-state index contributed by atoms with van der Waals surface area (Å²) < 4.78 is 6.59. The van der Waals surface area contributed by atoms with Crippen molar-refractivity contribution in [1.82, 2.24) is 0 Å². The van der Waals surface area contributed by atoms with E-state index < -0.39 is 0 Å². The SMILES string of the molecule is C=C(C)C1CC1c1ccc(OC)cc1CC/C=C\CCI. The molecular formula is C19H25IO. The van der Waals surface area contributed by atoms with E-state index in [0.29, 0.717) is 11.8 Å². The highest BCUT2D eigenvalue weighted by Crippen LogP contribution is 2.52. The third-order valence-corrected chi connectivity index (χ3v) is 4.82. The van der Waals surface area contributed by atoms with Crippen LogP contribution in [-0.4, -0.2) is 11.5 Å². The number of aryl methyl sites for hydroxylation is 1. The Bertz CT molecular complexity index is 518. The average molecular weight is 396 g/mol. The molecule has 0 spiro atoms. The molecule has 1 fully saturated rings. The highest BCUT2D eigenvalue weighted by atomic mass is 127. The fourth-order valence-electron chi connectivity index (χ4n) is 2.91.